The molecular formula is C14H16O4. The van der Waals surface area contributed by atoms with Gasteiger partial charge in [-0.3, -0.25) is 0 Å². The number of aromatic hydroxyl groups is 1. The quantitative estimate of drug-likeness (QED) is 0.474. The molecular weight excluding hydrogens is 232 g/mol. The summed E-state index contributed by atoms with van der Waals surface area (Å²) in [5.74, 6) is -0.216. The van der Waals surface area contributed by atoms with Gasteiger partial charge in [-0.2, -0.15) is 0 Å². The molecule has 0 fully saturated rings. The van der Waals surface area contributed by atoms with Gasteiger partial charge < -0.3 is 20.4 Å². The highest BCUT2D eigenvalue weighted by Crippen LogP contribution is 2.24. The van der Waals surface area contributed by atoms with Crippen molar-refractivity contribution < 1.29 is 20.4 Å². The van der Waals surface area contributed by atoms with Gasteiger partial charge >= 0.3 is 0 Å². The summed E-state index contributed by atoms with van der Waals surface area (Å²) < 4.78 is 0. The lowest BCUT2D eigenvalue weighted by molar-refractivity contribution is 0.275. The standard InChI is InChI=1S/C14H16O4/c1-9(5-12(7-15)10(2)17)11-3-4-14(18)13(6-11)8-16/h3-6,15-18H,1-2,7-8H2/b12-5-. The van der Waals surface area contributed by atoms with E-state index in [9.17, 15) is 10.2 Å². The molecule has 0 amide bonds. The Morgan fingerprint density at radius 1 is 1.22 bits per heavy atom. The van der Waals surface area contributed by atoms with E-state index in [-0.39, 0.29) is 30.3 Å². The van der Waals surface area contributed by atoms with Gasteiger partial charge in [-0.25, -0.2) is 0 Å². The molecule has 0 bridgehead atoms. The second-order valence-electron chi connectivity index (χ2n) is 3.80. The van der Waals surface area contributed by atoms with Gasteiger partial charge in [-0.05, 0) is 29.3 Å². The molecule has 0 heterocycles. The minimum absolute atomic E-state index is 0.00646. The van der Waals surface area contributed by atoms with E-state index in [1.54, 1.807) is 12.1 Å². The summed E-state index contributed by atoms with van der Waals surface area (Å²) in [6.07, 6.45) is 1.50. The third-order valence-corrected chi connectivity index (χ3v) is 2.51. The molecule has 0 unspecified atom stereocenters. The largest absolute Gasteiger partial charge is 0.508 e. The summed E-state index contributed by atoms with van der Waals surface area (Å²) in [7, 11) is 0. The van der Waals surface area contributed by atoms with Crippen LogP contribution in [0.1, 0.15) is 11.1 Å². The summed E-state index contributed by atoms with van der Waals surface area (Å²) in [6, 6.07) is 4.66. The van der Waals surface area contributed by atoms with Crippen LogP contribution in [0.5, 0.6) is 5.75 Å². The predicted octanol–water partition coefficient (Wildman–Crippen LogP) is 1.89. The van der Waals surface area contributed by atoms with Gasteiger partial charge in [0.05, 0.1) is 13.2 Å². The van der Waals surface area contributed by atoms with Gasteiger partial charge in [-0.1, -0.05) is 19.2 Å². The van der Waals surface area contributed by atoms with Gasteiger partial charge in [0.2, 0.25) is 0 Å². The minimum Gasteiger partial charge on any atom is -0.508 e. The summed E-state index contributed by atoms with van der Waals surface area (Å²) in [5.41, 5.74) is 1.85. The van der Waals surface area contributed by atoms with Crippen LogP contribution in [0, 0.1) is 0 Å². The van der Waals surface area contributed by atoms with E-state index in [4.69, 9.17) is 10.2 Å². The normalized spacial score (nSPS) is 11.3. The highest BCUT2D eigenvalue weighted by molar-refractivity contribution is 5.74. The van der Waals surface area contributed by atoms with Gasteiger partial charge in [-0.15, -0.1) is 0 Å². The van der Waals surface area contributed by atoms with E-state index >= 15 is 0 Å². The lowest BCUT2D eigenvalue weighted by Gasteiger charge is -2.07. The van der Waals surface area contributed by atoms with Gasteiger partial charge in [0, 0.05) is 11.1 Å². The molecule has 1 aromatic carbocycles. The summed E-state index contributed by atoms with van der Waals surface area (Å²) in [4.78, 5) is 0. The Hall–Kier alpha value is -2.04. The molecule has 0 aromatic heterocycles. The Balaban J connectivity index is 3.08. The van der Waals surface area contributed by atoms with E-state index in [2.05, 4.69) is 13.2 Å². The number of benzene rings is 1. The first-order valence-corrected chi connectivity index (χ1v) is 5.31. The Morgan fingerprint density at radius 3 is 2.39 bits per heavy atom. The lowest BCUT2D eigenvalue weighted by atomic mass is 10.0. The van der Waals surface area contributed by atoms with Gasteiger partial charge in [0.15, 0.2) is 0 Å². The van der Waals surface area contributed by atoms with Crippen LogP contribution in [0.3, 0.4) is 0 Å². The maximum absolute atomic E-state index is 9.43. The smallest absolute Gasteiger partial charge is 0.121 e. The van der Waals surface area contributed by atoms with E-state index in [1.807, 2.05) is 0 Å². The molecule has 4 heteroatoms. The van der Waals surface area contributed by atoms with Crippen LogP contribution in [0.4, 0.5) is 0 Å². The first-order valence-electron chi connectivity index (χ1n) is 5.31. The molecule has 0 radical (unpaired) electrons. The summed E-state index contributed by atoms with van der Waals surface area (Å²) in [5, 5.41) is 36.7. The number of aliphatic hydroxyl groups excluding tert-OH is 3. The van der Waals surface area contributed by atoms with Gasteiger partial charge in [0.25, 0.3) is 0 Å². The van der Waals surface area contributed by atoms with Crippen molar-refractivity contribution in [3.63, 3.8) is 0 Å². The third-order valence-electron chi connectivity index (χ3n) is 2.51. The van der Waals surface area contributed by atoms with Crippen molar-refractivity contribution in [2.24, 2.45) is 0 Å². The highest BCUT2D eigenvalue weighted by atomic mass is 16.3. The van der Waals surface area contributed by atoms with Crippen molar-refractivity contribution in [2.75, 3.05) is 6.61 Å². The number of allylic oxidation sites excluding steroid dienone is 2. The maximum atomic E-state index is 9.43. The Kier molecular flexibility index (Phi) is 4.71. The average Bonchev–Trinajstić information content (AvgIpc) is 2.35. The molecule has 1 aromatic rings. The second kappa shape index (κ2) is 6.05. The zero-order valence-electron chi connectivity index (χ0n) is 9.93. The molecule has 0 spiro atoms. The molecule has 96 valence electrons. The zero-order chi connectivity index (χ0) is 13.7. The Bertz CT molecular complexity index is 501. The van der Waals surface area contributed by atoms with Crippen LogP contribution >= 0.6 is 0 Å². The second-order valence-corrected chi connectivity index (χ2v) is 3.80. The number of phenols is 1. The number of hydrogen-bond acceptors (Lipinski definition) is 4. The Labute approximate surface area is 105 Å². The average molecular weight is 248 g/mol. The molecule has 0 aliphatic carbocycles. The van der Waals surface area contributed by atoms with Crippen molar-refractivity contribution >= 4 is 5.57 Å². The number of rotatable bonds is 5. The van der Waals surface area contributed by atoms with Crippen LogP contribution in [-0.2, 0) is 6.61 Å². The van der Waals surface area contributed by atoms with E-state index in [0.29, 0.717) is 16.7 Å². The summed E-state index contributed by atoms with van der Waals surface area (Å²) >= 11 is 0. The molecule has 0 atom stereocenters. The first kappa shape index (κ1) is 14.0. The summed E-state index contributed by atoms with van der Waals surface area (Å²) in [6.45, 7) is 6.49. The fraction of sp³-hybridized carbons (Fsp3) is 0.143. The fourth-order valence-corrected chi connectivity index (χ4v) is 1.43. The minimum atomic E-state index is -0.348. The van der Waals surface area contributed by atoms with Crippen LogP contribution in [0.25, 0.3) is 5.57 Å². The lowest BCUT2D eigenvalue weighted by Crippen LogP contribution is -1.95. The van der Waals surface area contributed by atoms with E-state index in [0.717, 1.165) is 0 Å². The highest BCUT2D eigenvalue weighted by Gasteiger charge is 2.05. The van der Waals surface area contributed by atoms with E-state index < -0.39 is 0 Å². The molecule has 0 saturated carbocycles. The van der Waals surface area contributed by atoms with Gasteiger partial charge in [0.1, 0.15) is 11.5 Å². The Morgan fingerprint density at radius 2 is 1.89 bits per heavy atom. The van der Waals surface area contributed by atoms with Crippen molar-refractivity contribution in [1.29, 1.82) is 0 Å². The molecule has 1 rings (SSSR count). The molecule has 0 aliphatic rings. The van der Waals surface area contributed by atoms with Crippen LogP contribution in [0.2, 0.25) is 0 Å². The van der Waals surface area contributed by atoms with Crippen LogP contribution < -0.4 is 0 Å². The molecule has 0 aliphatic heterocycles. The molecule has 4 N–H and O–H groups in total. The fourth-order valence-electron chi connectivity index (χ4n) is 1.43. The van der Waals surface area contributed by atoms with Crippen molar-refractivity contribution in [2.45, 2.75) is 6.61 Å². The first-order chi connectivity index (χ1) is 8.49. The number of aliphatic hydroxyl groups is 3. The van der Waals surface area contributed by atoms with E-state index in [1.165, 1.54) is 12.1 Å². The topological polar surface area (TPSA) is 80.9 Å². The van der Waals surface area contributed by atoms with Crippen LogP contribution in [-0.4, -0.2) is 27.0 Å². The molecule has 0 saturated heterocycles. The zero-order valence-corrected chi connectivity index (χ0v) is 9.93. The number of hydrogen-bond donors (Lipinski definition) is 4. The van der Waals surface area contributed by atoms with Crippen molar-refractivity contribution in [1.82, 2.24) is 0 Å². The monoisotopic (exact) mass is 248 g/mol. The predicted molar refractivity (Wildman–Crippen MR) is 70.0 cm³/mol. The van der Waals surface area contributed by atoms with Crippen molar-refractivity contribution in [3.8, 4) is 5.75 Å². The van der Waals surface area contributed by atoms with Crippen LogP contribution in [0.15, 0.2) is 48.8 Å². The maximum Gasteiger partial charge on any atom is 0.121 e. The molecule has 18 heavy (non-hydrogen) atoms. The molecule has 4 nitrogen and oxygen atoms in total. The third kappa shape index (κ3) is 3.23. The SMILES string of the molecule is C=C(O)/C(=C\C(=C)c1ccc(O)c(CO)c1)CO. The van der Waals surface area contributed by atoms with Crippen molar-refractivity contribution in [3.05, 3.63) is 59.9 Å².